The molecule has 1 aromatic rings. The SMILES string of the molecule is O=C1CCC(=O)N1OC(=O)N1CCCC[C@@H]1c1ccccc1. The maximum Gasteiger partial charge on any atom is 0.435 e. The van der Waals surface area contributed by atoms with Crippen molar-refractivity contribution < 1.29 is 19.2 Å². The number of benzene rings is 1. The van der Waals surface area contributed by atoms with E-state index in [-0.39, 0.29) is 18.9 Å². The molecule has 0 radical (unpaired) electrons. The number of piperidine rings is 1. The highest BCUT2D eigenvalue weighted by atomic mass is 16.7. The summed E-state index contributed by atoms with van der Waals surface area (Å²) < 4.78 is 0. The standard InChI is InChI=1S/C16H18N2O4/c19-14-9-10-15(20)18(14)22-16(21)17-11-5-4-8-13(17)12-6-2-1-3-7-12/h1-3,6-7,13H,4-5,8-11H2/t13-/m1/s1. The summed E-state index contributed by atoms with van der Waals surface area (Å²) >= 11 is 0. The molecule has 22 heavy (non-hydrogen) atoms. The number of hydrogen-bond acceptors (Lipinski definition) is 4. The van der Waals surface area contributed by atoms with E-state index < -0.39 is 17.9 Å². The fourth-order valence-corrected chi connectivity index (χ4v) is 2.96. The van der Waals surface area contributed by atoms with Crippen LogP contribution in [0.3, 0.4) is 0 Å². The molecule has 6 heteroatoms. The van der Waals surface area contributed by atoms with E-state index >= 15 is 0 Å². The van der Waals surface area contributed by atoms with Crippen molar-refractivity contribution in [3.8, 4) is 0 Å². The Labute approximate surface area is 128 Å². The van der Waals surface area contributed by atoms with Crippen LogP contribution in [-0.2, 0) is 14.4 Å². The molecular weight excluding hydrogens is 284 g/mol. The minimum absolute atomic E-state index is 0.0738. The minimum atomic E-state index is -0.628. The van der Waals surface area contributed by atoms with Crippen LogP contribution in [0, 0.1) is 0 Å². The Balaban J connectivity index is 1.74. The van der Waals surface area contributed by atoms with Crippen LogP contribution in [-0.4, -0.2) is 34.4 Å². The highest BCUT2D eigenvalue weighted by Gasteiger charge is 2.36. The molecule has 3 amide bonds. The third-order valence-electron chi connectivity index (χ3n) is 4.10. The lowest BCUT2D eigenvalue weighted by Gasteiger charge is -2.35. The van der Waals surface area contributed by atoms with Gasteiger partial charge in [0.15, 0.2) is 0 Å². The van der Waals surface area contributed by atoms with Crippen LogP contribution in [0.15, 0.2) is 30.3 Å². The Morgan fingerprint density at radius 3 is 2.41 bits per heavy atom. The molecule has 0 saturated carbocycles. The molecule has 6 nitrogen and oxygen atoms in total. The summed E-state index contributed by atoms with van der Waals surface area (Å²) in [4.78, 5) is 42.2. The van der Waals surface area contributed by atoms with Crippen molar-refractivity contribution in [2.24, 2.45) is 0 Å². The first-order valence-corrected chi connectivity index (χ1v) is 7.56. The van der Waals surface area contributed by atoms with E-state index in [2.05, 4.69) is 0 Å². The number of likely N-dealkylation sites (tertiary alicyclic amines) is 1. The summed E-state index contributed by atoms with van der Waals surface area (Å²) in [7, 11) is 0. The van der Waals surface area contributed by atoms with Gasteiger partial charge in [-0.2, -0.15) is 0 Å². The molecular formula is C16H18N2O4. The lowest BCUT2D eigenvalue weighted by molar-refractivity contribution is -0.174. The van der Waals surface area contributed by atoms with E-state index in [9.17, 15) is 14.4 Å². The van der Waals surface area contributed by atoms with Crippen LogP contribution in [0.5, 0.6) is 0 Å². The maximum absolute atomic E-state index is 12.4. The van der Waals surface area contributed by atoms with Gasteiger partial charge in [-0.25, -0.2) is 4.79 Å². The first-order valence-electron chi connectivity index (χ1n) is 7.56. The molecule has 2 aliphatic rings. The molecule has 2 saturated heterocycles. The fourth-order valence-electron chi connectivity index (χ4n) is 2.96. The topological polar surface area (TPSA) is 66.9 Å². The van der Waals surface area contributed by atoms with E-state index in [0.717, 1.165) is 24.8 Å². The second-order valence-electron chi connectivity index (χ2n) is 5.55. The zero-order chi connectivity index (χ0) is 15.5. The number of carbonyl (C=O) groups is 3. The molecule has 0 spiro atoms. The molecule has 116 valence electrons. The Hall–Kier alpha value is -2.37. The summed E-state index contributed by atoms with van der Waals surface area (Å²) in [6.45, 7) is 0.564. The van der Waals surface area contributed by atoms with Gasteiger partial charge in [-0.1, -0.05) is 30.3 Å². The second kappa shape index (κ2) is 6.17. The van der Waals surface area contributed by atoms with Crippen molar-refractivity contribution in [2.75, 3.05) is 6.54 Å². The summed E-state index contributed by atoms with van der Waals surface area (Å²) in [5.74, 6) is -0.904. The van der Waals surface area contributed by atoms with E-state index in [4.69, 9.17) is 4.84 Å². The summed E-state index contributed by atoms with van der Waals surface area (Å²) in [5, 5.41) is 0.610. The van der Waals surface area contributed by atoms with E-state index in [1.54, 1.807) is 4.90 Å². The highest BCUT2D eigenvalue weighted by molar-refractivity contribution is 6.01. The van der Waals surface area contributed by atoms with Gasteiger partial charge in [-0.05, 0) is 24.8 Å². The summed E-state index contributed by atoms with van der Waals surface area (Å²) in [6, 6.07) is 9.67. The molecule has 0 aromatic heterocycles. The number of rotatable bonds is 2. The Morgan fingerprint density at radius 2 is 1.73 bits per heavy atom. The van der Waals surface area contributed by atoms with Crippen molar-refractivity contribution in [3.05, 3.63) is 35.9 Å². The third-order valence-corrected chi connectivity index (χ3v) is 4.10. The Bertz CT molecular complexity index is 571. The van der Waals surface area contributed by atoms with Crippen LogP contribution in [0.4, 0.5) is 4.79 Å². The zero-order valence-corrected chi connectivity index (χ0v) is 12.2. The van der Waals surface area contributed by atoms with Gasteiger partial charge in [0.05, 0.1) is 6.04 Å². The molecule has 2 fully saturated rings. The van der Waals surface area contributed by atoms with Gasteiger partial charge in [0.1, 0.15) is 0 Å². The molecule has 0 N–H and O–H groups in total. The Morgan fingerprint density at radius 1 is 1.05 bits per heavy atom. The molecule has 3 rings (SSSR count). The van der Waals surface area contributed by atoms with Crippen LogP contribution in [0.25, 0.3) is 0 Å². The lowest BCUT2D eigenvalue weighted by atomic mass is 9.96. The predicted molar refractivity (Wildman–Crippen MR) is 77.3 cm³/mol. The van der Waals surface area contributed by atoms with Gasteiger partial charge in [-0.3, -0.25) is 14.5 Å². The number of carbonyl (C=O) groups excluding carboxylic acids is 3. The molecule has 2 aliphatic heterocycles. The van der Waals surface area contributed by atoms with Crippen molar-refractivity contribution in [1.29, 1.82) is 0 Å². The monoisotopic (exact) mass is 302 g/mol. The number of hydroxylamine groups is 2. The van der Waals surface area contributed by atoms with E-state index in [1.807, 2.05) is 30.3 Å². The minimum Gasteiger partial charge on any atom is -0.311 e. The molecule has 0 bridgehead atoms. The molecule has 2 heterocycles. The average Bonchev–Trinajstić information content (AvgIpc) is 2.87. The molecule has 1 aromatic carbocycles. The number of imide groups is 1. The third kappa shape index (κ3) is 2.81. The highest BCUT2D eigenvalue weighted by Crippen LogP contribution is 2.31. The van der Waals surface area contributed by atoms with Crippen molar-refractivity contribution in [1.82, 2.24) is 9.96 Å². The maximum atomic E-state index is 12.4. The molecule has 0 aliphatic carbocycles. The van der Waals surface area contributed by atoms with Gasteiger partial charge < -0.3 is 4.84 Å². The second-order valence-corrected chi connectivity index (χ2v) is 5.55. The lowest BCUT2D eigenvalue weighted by Crippen LogP contribution is -2.43. The van der Waals surface area contributed by atoms with Gasteiger partial charge in [-0.15, -0.1) is 5.06 Å². The average molecular weight is 302 g/mol. The van der Waals surface area contributed by atoms with Crippen molar-refractivity contribution in [3.63, 3.8) is 0 Å². The van der Waals surface area contributed by atoms with Crippen molar-refractivity contribution >= 4 is 17.9 Å². The molecule has 0 unspecified atom stereocenters. The normalized spacial score (nSPS) is 22.1. The van der Waals surface area contributed by atoms with Gasteiger partial charge >= 0.3 is 6.09 Å². The number of nitrogens with zero attached hydrogens (tertiary/aromatic N) is 2. The van der Waals surface area contributed by atoms with Crippen LogP contribution >= 0.6 is 0 Å². The van der Waals surface area contributed by atoms with Gasteiger partial charge in [0.2, 0.25) is 0 Å². The summed E-state index contributed by atoms with van der Waals surface area (Å²) in [5.41, 5.74) is 1.04. The summed E-state index contributed by atoms with van der Waals surface area (Å²) in [6.07, 6.45) is 2.35. The van der Waals surface area contributed by atoms with Crippen LogP contribution in [0.2, 0.25) is 0 Å². The van der Waals surface area contributed by atoms with Gasteiger partial charge in [0, 0.05) is 19.4 Å². The quantitative estimate of drug-likeness (QED) is 0.787. The number of amides is 3. The first-order chi connectivity index (χ1) is 10.7. The van der Waals surface area contributed by atoms with Crippen LogP contribution < -0.4 is 0 Å². The largest absolute Gasteiger partial charge is 0.435 e. The Kier molecular flexibility index (Phi) is 4.09. The van der Waals surface area contributed by atoms with Gasteiger partial charge in [0.25, 0.3) is 11.8 Å². The molecule has 1 atom stereocenters. The smallest absolute Gasteiger partial charge is 0.311 e. The van der Waals surface area contributed by atoms with Crippen LogP contribution in [0.1, 0.15) is 43.7 Å². The predicted octanol–water partition coefficient (Wildman–Crippen LogP) is 2.41. The number of hydrogen-bond donors (Lipinski definition) is 0. The zero-order valence-electron chi connectivity index (χ0n) is 12.2. The van der Waals surface area contributed by atoms with E-state index in [1.165, 1.54) is 0 Å². The van der Waals surface area contributed by atoms with E-state index in [0.29, 0.717) is 11.6 Å². The first kappa shape index (κ1) is 14.6. The van der Waals surface area contributed by atoms with Crippen molar-refractivity contribution in [2.45, 2.75) is 38.1 Å². The fraction of sp³-hybridized carbons (Fsp3) is 0.438.